The number of aliphatic carboxylic acids is 1. The van der Waals surface area contributed by atoms with Crippen LogP contribution in [0, 0.1) is 0 Å². The maximum atomic E-state index is 10.6. The number of nitrogens with one attached hydrogen (secondary N) is 1. The molecule has 1 fully saturated rings. The van der Waals surface area contributed by atoms with Gasteiger partial charge in [0.1, 0.15) is 7.43 Å². The van der Waals surface area contributed by atoms with Crippen molar-refractivity contribution >= 4 is 5.97 Å². The normalized spacial score (nSPS) is 57.2. The van der Waals surface area contributed by atoms with Gasteiger partial charge in [0.2, 0.25) is 0 Å². The monoisotopic (exact) mass is 135 g/mol. The van der Waals surface area contributed by atoms with E-state index >= 15 is 0 Å². The molecule has 1 rings (SSSR count). The number of hydrogen-bond donors (Lipinski definition) is 3. The topological polar surface area (TPSA) is 69.6 Å². The number of β-amino-alcohol motifs (C(OH)–C–C–N with tert-alkyl or cyclic N) is 1. The molecule has 0 aromatic carbocycles. The van der Waals surface area contributed by atoms with Crippen LogP contribution in [0.2, 0.25) is 1.41 Å². The summed E-state index contributed by atoms with van der Waals surface area (Å²) in [7, 11) is 0. The Morgan fingerprint density at radius 2 is 2.78 bits per heavy atom. The van der Waals surface area contributed by atoms with Gasteiger partial charge in [-0.2, -0.15) is 0 Å². The fourth-order valence-electron chi connectivity index (χ4n) is 0.556. The summed E-state index contributed by atoms with van der Waals surface area (Å²) in [4.78, 5) is 10.6. The smallest absolute Gasteiger partial charge is 0.320 e. The van der Waals surface area contributed by atoms with Crippen LogP contribution >= 0.6 is 0 Å². The Labute approximate surface area is 58.2 Å². The second kappa shape index (κ2) is 2.33. The minimum atomic E-state index is -2.73. The van der Waals surface area contributed by atoms with Crippen LogP contribution in [0.1, 0.15) is 10.5 Å². The largest absolute Gasteiger partial charge is 0.480 e. The van der Waals surface area contributed by atoms with Gasteiger partial charge in [-0.15, -0.1) is 0 Å². The predicted octanol–water partition coefficient (Wildman–Crippen LogP) is -1.21. The molecule has 3 N–H and O–H groups in total. The molecule has 4 nitrogen and oxygen atoms in total. The second-order valence-electron chi connectivity index (χ2n) is 1.65. The summed E-state index contributed by atoms with van der Waals surface area (Å²) in [6, 6.07) is -2.73. The molecule has 4 heteroatoms. The molecule has 0 aromatic heterocycles. The summed E-state index contributed by atoms with van der Waals surface area (Å²) in [5.74, 6) is -1.77. The highest BCUT2D eigenvalue weighted by Gasteiger charge is 2.27. The molecule has 0 amide bonds. The molecule has 1 saturated heterocycles. The lowest BCUT2D eigenvalue weighted by Gasteiger charge is -1.99. The molecular weight excluding hydrogens is 122 g/mol. The first-order valence-electron chi connectivity index (χ1n) is 4.37. The maximum absolute atomic E-state index is 10.6. The van der Waals surface area contributed by atoms with E-state index in [2.05, 4.69) is 0 Å². The highest BCUT2D eigenvalue weighted by atomic mass is 16.4. The Bertz CT molecular complexity index is 248. The van der Waals surface area contributed by atoms with Gasteiger partial charge in [0.25, 0.3) is 0 Å². The lowest BCUT2D eigenvalue weighted by Crippen LogP contribution is -2.29. The molecule has 0 unspecified atom stereocenters. The molecular formula is C5H9NO3. The van der Waals surface area contributed by atoms with Gasteiger partial charge in [-0.25, -0.2) is 0 Å². The van der Waals surface area contributed by atoms with Crippen LogP contribution in [0.15, 0.2) is 0 Å². The minimum absolute atomic E-state index is 0.236. The van der Waals surface area contributed by atoms with Crippen molar-refractivity contribution < 1.29 is 20.5 Å². The van der Waals surface area contributed by atoms with Gasteiger partial charge < -0.3 is 15.5 Å². The molecule has 1 aliphatic rings. The van der Waals surface area contributed by atoms with Gasteiger partial charge in [-0.05, 0) is 0 Å². The fraction of sp³-hybridized carbons (Fsp3) is 0.800. The van der Waals surface area contributed by atoms with Gasteiger partial charge in [-0.3, -0.25) is 4.79 Å². The number of carboxylic acids is 1. The third kappa shape index (κ3) is 1.40. The average molecular weight is 135 g/mol. The summed E-state index contributed by atoms with van der Waals surface area (Å²) in [5.41, 5.74) is 0. The standard InChI is InChI=1S/C5H9NO3/c7-3-1-4(5(8)9)6-2-3/h3-4,6-7H,1-2H2,(H,8,9)/t3-,4+/m1/s1/i1D2,4D/hD. The predicted molar refractivity (Wildman–Crippen MR) is 30.1 cm³/mol. The van der Waals surface area contributed by atoms with Crippen molar-refractivity contribution in [3.05, 3.63) is 0 Å². The Morgan fingerprint density at radius 3 is 3.00 bits per heavy atom. The van der Waals surface area contributed by atoms with Crippen LogP contribution in [0.5, 0.6) is 0 Å². The second-order valence-corrected chi connectivity index (χ2v) is 1.65. The molecule has 0 spiro atoms. The zero-order valence-corrected chi connectivity index (χ0v) is 4.53. The Hall–Kier alpha value is -0.610. The van der Waals surface area contributed by atoms with Crippen LogP contribution in [0.25, 0.3) is 0 Å². The van der Waals surface area contributed by atoms with Crippen LogP contribution < -0.4 is 5.31 Å². The van der Waals surface area contributed by atoms with Crippen molar-refractivity contribution in [2.45, 2.75) is 18.5 Å². The van der Waals surface area contributed by atoms with Crippen LogP contribution in [0.3, 0.4) is 0 Å². The first-order valence-corrected chi connectivity index (χ1v) is 2.42. The summed E-state index contributed by atoms with van der Waals surface area (Å²) >= 11 is 0. The number of carboxylic acid groups (broad SMARTS) is 1. The van der Waals surface area contributed by atoms with Crippen molar-refractivity contribution in [1.29, 1.82) is 0 Å². The van der Waals surface area contributed by atoms with E-state index in [0.717, 1.165) is 0 Å². The zero-order valence-electron chi connectivity index (χ0n) is 8.53. The van der Waals surface area contributed by atoms with E-state index in [1.807, 2.05) is 0 Å². The van der Waals surface area contributed by atoms with Gasteiger partial charge in [-0.1, -0.05) is 0 Å². The number of rotatable bonds is 1. The molecule has 1 heterocycles. The third-order valence-corrected chi connectivity index (χ3v) is 0.928. The number of aliphatic hydroxyl groups excluding tert-OH is 1. The molecule has 0 aromatic rings. The van der Waals surface area contributed by atoms with E-state index in [1.165, 1.54) is 0 Å². The third-order valence-electron chi connectivity index (χ3n) is 0.928. The molecule has 2 atom stereocenters. The van der Waals surface area contributed by atoms with Gasteiger partial charge in [0.15, 0.2) is 0 Å². The van der Waals surface area contributed by atoms with Gasteiger partial charge >= 0.3 is 5.97 Å². The summed E-state index contributed by atoms with van der Waals surface area (Å²) in [5, 5.41) is 17.9. The lowest BCUT2D eigenvalue weighted by molar-refractivity contribution is -0.139. The summed E-state index contributed by atoms with van der Waals surface area (Å²) in [6.07, 6.45) is -4.26. The van der Waals surface area contributed by atoms with E-state index in [0.29, 0.717) is 0 Å². The highest BCUT2D eigenvalue weighted by molar-refractivity contribution is 5.73. The van der Waals surface area contributed by atoms with Crippen molar-refractivity contribution in [2.75, 3.05) is 6.54 Å². The molecule has 0 bridgehead atoms. The van der Waals surface area contributed by atoms with Crippen molar-refractivity contribution in [2.24, 2.45) is 0 Å². The number of aliphatic hydroxyl groups is 1. The SMILES string of the molecule is [2H]N1C[C@H](O)C([2H])([2H])[C@@]1([2H])C(=O)O. The molecule has 52 valence electrons. The molecule has 0 saturated carbocycles. The van der Waals surface area contributed by atoms with E-state index in [-0.39, 0.29) is 5.31 Å². The van der Waals surface area contributed by atoms with Crippen LogP contribution in [-0.4, -0.2) is 34.8 Å². The number of hydrogen-bond acceptors (Lipinski definition) is 3. The minimum Gasteiger partial charge on any atom is -0.480 e. The van der Waals surface area contributed by atoms with Crippen LogP contribution in [0.4, 0.5) is 0 Å². The Kier molecular flexibility index (Phi) is 0.771. The van der Waals surface area contributed by atoms with Gasteiger partial charge in [0.05, 0.1) is 7.47 Å². The molecule has 0 aliphatic carbocycles. The first kappa shape index (κ1) is 2.98. The summed E-state index contributed by atoms with van der Waals surface area (Å²) < 4.78 is 28.7. The number of carbonyl (C=O) groups is 1. The fourth-order valence-corrected chi connectivity index (χ4v) is 0.556. The lowest BCUT2D eigenvalue weighted by atomic mass is 10.2. The van der Waals surface area contributed by atoms with Crippen molar-refractivity contribution in [3.8, 4) is 0 Å². The van der Waals surface area contributed by atoms with E-state index in [4.69, 9.17) is 15.7 Å². The zero-order chi connectivity index (χ0) is 10.4. The first-order chi connectivity index (χ1) is 5.74. The maximum Gasteiger partial charge on any atom is 0.320 e. The van der Waals surface area contributed by atoms with E-state index in [9.17, 15) is 4.79 Å². The molecule has 1 aliphatic heterocycles. The Balaban J connectivity index is 3.14. The van der Waals surface area contributed by atoms with E-state index in [1.54, 1.807) is 0 Å². The quantitative estimate of drug-likeness (QED) is 0.422. The van der Waals surface area contributed by atoms with Crippen molar-refractivity contribution in [3.63, 3.8) is 0 Å². The molecule has 0 radical (unpaired) electrons. The highest BCUT2D eigenvalue weighted by Crippen LogP contribution is 2.05. The summed E-state index contributed by atoms with van der Waals surface area (Å²) in [6.45, 7) is -0.483. The molecule has 9 heavy (non-hydrogen) atoms. The van der Waals surface area contributed by atoms with E-state index < -0.39 is 31.0 Å². The average Bonchev–Trinajstić information content (AvgIpc) is 2.13. The van der Waals surface area contributed by atoms with Crippen molar-refractivity contribution in [1.82, 2.24) is 5.31 Å². The van der Waals surface area contributed by atoms with Gasteiger partial charge in [0, 0.05) is 15.7 Å². The van der Waals surface area contributed by atoms with Crippen LogP contribution in [-0.2, 0) is 4.79 Å². The Morgan fingerprint density at radius 1 is 2.11 bits per heavy atom.